The maximum Gasteiger partial charge on any atom is 0.291 e. The summed E-state index contributed by atoms with van der Waals surface area (Å²) in [6, 6.07) is 0.369. The molecule has 1 fully saturated rings. The Bertz CT molecular complexity index is 425. The van der Waals surface area contributed by atoms with E-state index in [9.17, 15) is 4.79 Å². The first-order valence-electron chi connectivity index (χ1n) is 7.64. The zero-order valence-electron chi connectivity index (χ0n) is 12.5. The Morgan fingerprint density at radius 3 is 2.85 bits per heavy atom. The molecule has 0 bridgehead atoms. The molecule has 0 saturated carbocycles. The molecule has 1 aliphatic heterocycles. The lowest BCUT2D eigenvalue weighted by Crippen LogP contribution is -2.44. The first-order chi connectivity index (χ1) is 9.70. The van der Waals surface area contributed by atoms with Gasteiger partial charge in [-0.1, -0.05) is 13.3 Å². The number of H-pyrrole nitrogens is 1. The van der Waals surface area contributed by atoms with Crippen LogP contribution in [0.15, 0.2) is 0 Å². The van der Waals surface area contributed by atoms with Gasteiger partial charge in [0.25, 0.3) is 5.91 Å². The van der Waals surface area contributed by atoms with Crippen LogP contribution in [0.2, 0.25) is 0 Å². The summed E-state index contributed by atoms with van der Waals surface area (Å²) in [6.07, 6.45) is 5.67. The van der Waals surface area contributed by atoms with Gasteiger partial charge in [-0.15, -0.1) is 5.10 Å². The van der Waals surface area contributed by atoms with Gasteiger partial charge in [0, 0.05) is 19.0 Å². The molecule has 2 N–H and O–H groups in total. The van der Waals surface area contributed by atoms with E-state index in [4.69, 9.17) is 0 Å². The minimum atomic E-state index is -0.188. The van der Waals surface area contributed by atoms with Crippen molar-refractivity contribution in [3.8, 4) is 0 Å². The normalized spacial score (nSPS) is 17.9. The van der Waals surface area contributed by atoms with Crippen LogP contribution in [-0.4, -0.2) is 51.7 Å². The third-order valence-electron chi connectivity index (χ3n) is 3.79. The van der Waals surface area contributed by atoms with Crippen molar-refractivity contribution in [1.29, 1.82) is 0 Å². The average molecular weight is 279 g/mol. The summed E-state index contributed by atoms with van der Waals surface area (Å²) in [4.78, 5) is 18.6. The molecular weight excluding hydrogens is 254 g/mol. The maximum atomic E-state index is 12.0. The van der Waals surface area contributed by atoms with Gasteiger partial charge in [-0.25, -0.2) is 4.98 Å². The molecule has 1 aromatic rings. The molecule has 1 aliphatic rings. The van der Waals surface area contributed by atoms with Gasteiger partial charge >= 0.3 is 0 Å². The Kier molecular flexibility index (Phi) is 5.52. The standard InChI is InChI=1S/C14H25N5O/c1-3-7-12-16-13(18-17-12)14(20)15-10-11(2)19-8-5-4-6-9-19/h11H,3-10H2,1-2H3,(H,15,20)(H,16,17,18). The average Bonchev–Trinajstić information content (AvgIpc) is 2.94. The van der Waals surface area contributed by atoms with Gasteiger partial charge in [-0.3, -0.25) is 14.8 Å². The minimum absolute atomic E-state index is 0.188. The van der Waals surface area contributed by atoms with Crippen molar-refractivity contribution in [2.75, 3.05) is 19.6 Å². The van der Waals surface area contributed by atoms with Crippen LogP contribution in [0.1, 0.15) is 56.0 Å². The number of carbonyl (C=O) groups excluding carboxylic acids is 1. The number of amides is 1. The number of aryl methyl sites for hydroxylation is 1. The number of aromatic amines is 1. The molecule has 0 spiro atoms. The van der Waals surface area contributed by atoms with Crippen LogP contribution in [0, 0.1) is 0 Å². The molecule has 2 heterocycles. The van der Waals surface area contributed by atoms with Crippen LogP contribution in [0.5, 0.6) is 0 Å². The van der Waals surface area contributed by atoms with Crippen molar-refractivity contribution >= 4 is 5.91 Å². The van der Waals surface area contributed by atoms with Gasteiger partial charge in [0.15, 0.2) is 0 Å². The van der Waals surface area contributed by atoms with Crippen molar-refractivity contribution in [2.24, 2.45) is 0 Å². The van der Waals surface area contributed by atoms with E-state index in [0.717, 1.165) is 31.8 Å². The molecule has 1 saturated heterocycles. The van der Waals surface area contributed by atoms with Gasteiger partial charge in [0.2, 0.25) is 5.82 Å². The van der Waals surface area contributed by atoms with Gasteiger partial charge in [0.1, 0.15) is 5.82 Å². The number of rotatable bonds is 6. The largest absolute Gasteiger partial charge is 0.348 e. The number of aromatic nitrogens is 3. The van der Waals surface area contributed by atoms with E-state index >= 15 is 0 Å². The van der Waals surface area contributed by atoms with Crippen LogP contribution in [-0.2, 0) is 6.42 Å². The highest BCUT2D eigenvalue weighted by atomic mass is 16.2. The molecule has 6 nitrogen and oxygen atoms in total. The van der Waals surface area contributed by atoms with Crippen molar-refractivity contribution in [2.45, 2.75) is 52.0 Å². The number of nitrogens with one attached hydrogen (secondary N) is 2. The fourth-order valence-electron chi connectivity index (χ4n) is 2.55. The number of nitrogens with zero attached hydrogens (tertiary/aromatic N) is 3. The summed E-state index contributed by atoms with van der Waals surface area (Å²) in [5.74, 6) is 0.841. The number of carbonyl (C=O) groups is 1. The highest BCUT2D eigenvalue weighted by molar-refractivity contribution is 5.90. The molecule has 1 atom stereocenters. The second-order valence-electron chi connectivity index (χ2n) is 5.51. The van der Waals surface area contributed by atoms with Crippen LogP contribution in [0.25, 0.3) is 0 Å². The number of likely N-dealkylation sites (tertiary alicyclic amines) is 1. The highest BCUT2D eigenvalue weighted by Gasteiger charge is 2.18. The number of piperidine rings is 1. The summed E-state index contributed by atoms with van der Waals surface area (Å²) in [5, 5.41) is 9.70. The molecule has 0 radical (unpaired) electrons. The summed E-state index contributed by atoms with van der Waals surface area (Å²) < 4.78 is 0. The fraction of sp³-hybridized carbons (Fsp3) is 0.786. The molecule has 1 unspecified atom stereocenters. The second-order valence-corrected chi connectivity index (χ2v) is 5.51. The predicted octanol–water partition coefficient (Wildman–Crippen LogP) is 1.36. The molecule has 2 rings (SSSR count). The van der Waals surface area contributed by atoms with Crippen molar-refractivity contribution in [3.05, 3.63) is 11.6 Å². The van der Waals surface area contributed by atoms with Crippen LogP contribution in [0.3, 0.4) is 0 Å². The lowest BCUT2D eigenvalue weighted by Gasteiger charge is -2.32. The Hall–Kier alpha value is -1.43. The summed E-state index contributed by atoms with van der Waals surface area (Å²) in [6.45, 7) is 7.15. The van der Waals surface area contributed by atoms with Crippen molar-refractivity contribution in [3.63, 3.8) is 0 Å². The van der Waals surface area contributed by atoms with E-state index in [-0.39, 0.29) is 11.7 Å². The van der Waals surface area contributed by atoms with Gasteiger partial charge in [-0.2, -0.15) is 0 Å². The number of hydrogen-bond donors (Lipinski definition) is 2. The summed E-state index contributed by atoms with van der Waals surface area (Å²) >= 11 is 0. The van der Waals surface area contributed by atoms with Gasteiger partial charge in [-0.05, 0) is 39.3 Å². The molecule has 6 heteroatoms. The summed E-state index contributed by atoms with van der Waals surface area (Å²) in [7, 11) is 0. The third kappa shape index (κ3) is 4.03. The smallest absolute Gasteiger partial charge is 0.291 e. The monoisotopic (exact) mass is 279 g/mol. The molecule has 1 amide bonds. The lowest BCUT2D eigenvalue weighted by molar-refractivity contribution is 0.0920. The van der Waals surface area contributed by atoms with E-state index < -0.39 is 0 Å². The van der Waals surface area contributed by atoms with E-state index in [1.807, 2.05) is 0 Å². The lowest BCUT2D eigenvalue weighted by atomic mass is 10.1. The predicted molar refractivity (Wildman–Crippen MR) is 77.6 cm³/mol. The molecular formula is C14H25N5O. The Morgan fingerprint density at radius 2 is 2.15 bits per heavy atom. The minimum Gasteiger partial charge on any atom is -0.348 e. The van der Waals surface area contributed by atoms with Crippen LogP contribution < -0.4 is 5.32 Å². The van der Waals surface area contributed by atoms with E-state index in [1.165, 1.54) is 19.3 Å². The number of hydrogen-bond acceptors (Lipinski definition) is 4. The van der Waals surface area contributed by atoms with E-state index in [0.29, 0.717) is 12.6 Å². The zero-order chi connectivity index (χ0) is 14.4. The van der Waals surface area contributed by atoms with E-state index in [1.54, 1.807) is 0 Å². The maximum absolute atomic E-state index is 12.0. The quantitative estimate of drug-likeness (QED) is 0.824. The van der Waals surface area contributed by atoms with Crippen molar-refractivity contribution in [1.82, 2.24) is 25.4 Å². The second kappa shape index (κ2) is 7.38. The van der Waals surface area contributed by atoms with Gasteiger partial charge in [0.05, 0.1) is 0 Å². The Labute approximate surface area is 120 Å². The van der Waals surface area contributed by atoms with Gasteiger partial charge < -0.3 is 5.32 Å². The molecule has 0 aromatic carbocycles. The van der Waals surface area contributed by atoms with E-state index in [2.05, 4.69) is 39.2 Å². The van der Waals surface area contributed by atoms with Crippen LogP contribution in [0.4, 0.5) is 0 Å². The van der Waals surface area contributed by atoms with Crippen LogP contribution >= 0.6 is 0 Å². The molecule has 1 aromatic heterocycles. The molecule has 112 valence electrons. The highest BCUT2D eigenvalue weighted by Crippen LogP contribution is 2.11. The Morgan fingerprint density at radius 1 is 1.40 bits per heavy atom. The first-order valence-corrected chi connectivity index (χ1v) is 7.64. The third-order valence-corrected chi connectivity index (χ3v) is 3.79. The first kappa shape index (κ1) is 15.0. The SMILES string of the molecule is CCCc1nc(C(=O)NCC(C)N2CCCCC2)n[nH]1. The topological polar surface area (TPSA) is 73.9 Å². The Balaban J connectivity index is 1.78. The fourth-order valence-corrected chi connectivity index (χ4v) is 2.55. The zero-order valence-corrected chi connectivity index (χ0v) is 12.5. The van der Waals surface area contributed by atoms with Crippen molar-refractivity contribution < 1.29 is 4.79 Å². The molecule has 20 heavy (non-hydrogen) atoms. The molecule has 0 aliphatic carbocycles. The summed E-state index contributed by atoms with van der Waals surface area (Å²) in [5.41, 5.74) is 0.